The minimum atomic E-state index is -3.83. The number of hydrogen-bond donors (Lipinski definition) is 1. The lowest BCUT2D eigenvalue weighted by atomic mass is 10.2. The fourth-order valence-electron chi connectivity index (χ4n) is 4.13. The van der Waals surface area contributed by atoms with Crippen LogP contribution in [0.2, 0.25) is 0 Å². The van der Waals surface area contributed by atoms with Gasteiger partial charge in [0.1, 0.15) is 0 Å². The Kier molecular flexibility index (Phi) is 5.30. The van der Waals surface area contributed by atoms with E-state index in [0.29, 0.717) is 11.5 Å². The highest BCUT2D eigenvalue weighted by atomic mass is 32.2. The van der Waals surface area contributed by atoms with Gasteiger partial charge in [0, 0.05) is 31.2 Å². The van der Waals surface area contributed by atoms with Crippen LogP contribution in [0.5, 0.6) is 0 Å². The molecule has 3 heterocycles. The SMILES string of the molecule is Cc1cn2c3c(=O)n(C/C=C\c4ccccc4)c(=O)n(C)c3nc2n1-c1ccc(S(N)(=O)=O)cc1. The summed E-state index contributed by atoms with van der Waals surface area (Å²) in [5.41, 5.74) is 1.98. The molecule has 0 aliphatic rings. The van der Waals surface area contributed by atoms with Crippen molar-refractivity contribution in [2.75, 3.05) is 0 Å². The van der Waals surface area contributed by atoms with Crippen LogP contribution in [-0.2, 0) is 23.6 Å². The summed E-state index contributed by atoms with van der Waals surface area (Å²) in [7, 11) is -2.25. The van der Waals surface area contributed by atoms with Crippen molar-refractivity contribution in [2.24, 2.45) is 12.2 Å². The van der Waals surface area contributed by atoms with Gasteiger partial charge in [-0.25, -0.2) is 18.4 Å². The number of rotatable bonds is 5. The fraction of sp³-hybridized carbons (Fsp3) is 0.125. The number of aromatic nitrogens is 5. The van der Waals surface area contributed by atoms with Gasteiger partial charge in [-0.2, -0.15) is 4.98 Å². The van der Waals surface area contributed by atoms with E-state index < -0.39 is 21.3 Å². The Morgan fingerprint density at radius 2 is 1.71 bits per heavy atom. The maximum atomic E-state index is 13.4. The smallest absolute Gasteiger partial charge is 0.283 e. The summed E-state index contributed by atoms with van der Waals surface area (Å²) in [6.07, 6.45) is 5.38. The van der Waals surface area contributed by atoms with Crippen molar-refractivity contribution in [3.8, 4) is 5.69 Å². The average molecular weight is 491 g/mol. The summed E-state index contributed by atoms with van der Waals surface area (Å²) >= 11 is 0. The van der Waals surface area contributed by atoms with Gasteiger partial charge in [-0.05, 0) is 36.8 Å². The maximum Gasteiger partial charge on any atom is 0.332 e. The molecule has 0 radical (unpaired) electrons. The van der Waals surface area contributed by atoms with Crippen LogP contribution in [-0.4, -0.2) is 31.5 Å². The normalized spacial score (nSPS) is 12.3. The minimum Gasteiger partial charge on any atom is -0.283 e. The number of fused-ring (bicyclic) bond motifs is 3. The van der Waals surface area contributed by atoms with Crippen molar-refractivity contribution in [2.45, 2.75) is 18.4 Å². The van der Waals surface area contributed by atoms with Crippen LogP contribution in [0.25, 0.3) is 28.7 Å². The van der Waals surface area contributed by atoms with Crippen molar-refractivity contribution in [3.05, 3.63) is 99.0 Å². The number of primary sulfonamides is 1. The third kappa shape index (κ3) is 3.80. The number of imidazole rings is 2. The summed E-state index contributed by atoms with van der Waals surface area (Å²) in [5.74, 6) is 0.422. The lowest BCUT2D eigenvalue weighted by molar-refractivity contribution is 0.598. The summed E-state index contributed by atoms with van der Waals surface area (Å²) in [6.45, 7) is 1.95. The number of sulfonamides is 1. The van der Waals surface area contributed by atoms with Gasteiger partial charge in [0.2, 0.25) is 15.8 Å². The van der Waals surface area contributed by atoms with Gasteiger partial charge < -0.3 is 0 Å². The molecule has 35 heavy (non-hydrogen) atoms. The van der Waals surface area contributed by atoms with E-state index in [1.165, 1.54) is 21.3 Å². The molecule has 178 valence electrons. The van der Waals surface area contributed by atoms with Crippen molar-refractivity contribution in [1.29, 1.82) is 0 Å². The van der Waals surface area contributed by atoms with Crippen LogP contribution in [0, 0.1) is 6.92 Å². The molecule has 11 heteroatoms. The van der Waals surface area contributed by atoms with E-state index >= 15 is 0 Å². The Balaban J connectivity index is 1.66. The molecule has 10 nitrogen and oxygen atoms in total. The molecule has 0 unspecified atom stereocenters. The zero-order valence-electron chi connectivity index (χ0n) is 19.0. The number of hydrogen-bond acceptors (Lipinski definition) is 5. The molecule has 0 spiro atoms. The first kappa shape index (κ1) is 22.6. The Morgan fingerprint density at radius 1 is 1.03 bits per heavy atom. The van der Waals surface area contributed by atoms with Gasteiger partial charge in [0.15, 0.2) is 11.2 Å². The molecule has 0 saturated heterocycles. The van der Waals surface area contributed by atoms with Gasteiger partial charge >= 0.3 is 5.69 Å². The molecular formula is C24H22N6O4S. The van der Waals surface area contributed by atoms with E-state index in [1.54, 1.807) is 40.4 Å². The average Bonchev–Trinajstić information content (AvgIpc) is 3.34. The van der Waals surface area contributed by atoms with Crippen LogP contribution < -0.4 is 16.4 Å². The molecule has 2 aromatic carbocycles. The Labute approximate surface area is 199 Å². The third-order valence-electron chi connectivity index (χ3n) is 5.85. The van der Waals surface area contributed by atoms with Crippen molar-refractivity contribution >= 4 is 33.0 Å². The minimum absolute atomic E-state index is 0.00979. The van der Waals surface area contributed by atoms with Gasteiger partial charge in [0.25, 0.3) is 5.56 Å². The van der Waals surface area contributed by atoms with Crippen LogP contribution in [0.4, 0.5) is 0 Å². The second kappa shape index (κ2) is 8.22. The standard InChI is InChI=1S/C24H22N6O4S/c1-16-15-29-20-21(26-23(29)30(16)18-10-12-19(13-11-18)35(25,33)34)27(2)24(32)28(22(20)31)14-6-9-17-7-4-3-5-8-17/h3-13,15H,14H2,1-2H3,(H2,25,33,34)/b9-6-. The molecule has 5 rings (SSSR count). The first-order valence-electron chi connectivity index (χ1n) is 10.7. The highest BCUT2D eigenvalue weighted by Gasteiger charge is 2.20. The van der Waals surface area contributed by atoms with E-state index in [9.17, 15) is 18.0 Å². The van der Waals surface area contributed by atoms with Crippen LogP contribution in [0.3, 0.4) is 0 Å². The van der Waals surface area contributed by atoms with E-state index in [4.69, 9.17) is 5.14 Å². The zero-order chi connectivity index (χ0) is 24.9. The van der Waals surface area contributed by atoms with Crippen LogP contribution in [0.1, 0.15) is 11.3 Å². The van der Waals surface area contributed by atoms with Crippen LogP contribution in [0.15, 0.2) is 81.4 Å². The largest absolute Gasteiger partial charge is 0.332 e. The number of nitrogens with zero attached hydrogens (tertiary/aromatic N) is 5. The number of benzene rings is 2. The van der Waals surface area contributed by atoms with Gasteiger partial charge in [-0.15, -0.1) is 0 Å². The molecule has 0 fully saturated rings. The fourth-order valence-corrected chi connectivity index (χ4v) is 4.65. The van der Waals surface area contributed by atoms with E-state index in [2.05, 4.69) is 4.98 Å². The highest BCUT2D eigenvalue weighted by Crippen LogP contribution is 2.22. The van der Waals surface area contributed by atoms with Gasteiger partial charge in [-0.1, -0.05) is 42.5 Å². The van der Waals surface area contributed by atoms with Crippen molar-refractivity contribution < 1.29 is 8.42 Å². The summed E-state index contributed by atoms with van der Waals surface area (Å²) in [4.78, 5) is 30.9. The second-order valence-electron chi connectivity index (χ2n) is 8.17. The number of nitrogens with two attached hydrogens (primary N) is 1. The predicted octanol–water partition coefficient (Wildman–Crippen LogP) is 1.81. The predicted molar refractivity (Wildman–Crippen MR) is 133 cm³/mol. The zero-order valence-corrected chi connectivity index (χ0v) is 19.8. The summed E-state index contributed by atoms with van der Waals surface area (Å²) < 4.78 is 29.1. The lowest BCUT2D eigenvalue weighted by Gasteiger charge is -2.07. The third-order valence-corrected chi connectivity index (χ3v) is 6.78. The topological polar surface area (TPSA) is 126 Å². The quantitative estimate of drug-likeness (QED) is 0.402. The molecule has 3 aromatic heterocycles. The monoisotopic (exact) mass is 490 g/mol. The van der Waals surface area contributed by atoms with E-state index in [-0.39, 0.29) is 22.6 Å². The molecule has 0 aliphatic carbocycles. The molecular weight excluding hydrogens is 468 g/mol. The Hall–Kier alpha value is -4.22. The van der Waals surface area contributed by atoms with E-state index in [1.807, 2.05) is 43.3 Å². The molecule has 5 aromatic rings. The molecule has 0 amide bonds. The van der Waals surface area contributed by atoms with Crippen molar-refractivity contribution in [3.63, 3.8) is 0 Å². The van der Waals surface area contributed by atoms with Crippen LogP contribution >= 0.6 is 0 Å². The summed E-state index contributed by atoms with van der Waals surface area (Å²) in [6, 6.07) is 15.6. The first-order valence-corrected chi connectivity index (χ1v) is 12.3. The van der Waals surface area contributed by atoms with E-state index in [0.717, 1.165) is 11.3 Å². The summed E-state index contributed by atoms with van der Waals surface area (Å²) in [5, 5.41) is 5.20. The van der Waals surface area contributed by atoms with Gasteiger partial charge in [0.05, 0.1) is 4.90 Å². The number of aryl methyl sites for hydroxylation is 2. The first-order chi connectivity index (χ1) is 16.7. The molecule has 0 bridgehead atoms. The maximum absolute atomic E-state index is 13.4. The molecule has 0 saturated carbocycles. The molecule has 0 aliphatic heterocycles. The molecule has 2 N–H and O–H groups in total. The molecule has 0 atom stereocenters. The highest BCUT2D eigenvalue weighted by molar-refractivity contribution is 7.89. The van der Waals surface area contributed by atoms with Crippen molar-refractivity contribution in [1.82, 2.24) is 23.1 Å². The second-order valence-corrected chi connectivity index (χ2v) is 9.73. The Morgan fingerprint density at radius 3 is 2.37 bits per heavy atom. The Bertz CT molecular complexity index is 1840. The lowest BCUT2D eigenvalue weighted by Crippen LogP contribution is -2.39. The van der Waals surface area contributed by atoms with Gasteiger partial charge in [-0.3, -0.25) is 22.9 Å². The number of allylic oxidation sites excluding steroid dienone is 1.